The highest BCUT2D eigenvalue weighted by atomic mass is 35.5. The van der Waals surface area contributed by atoms with Crippen LogP contribution in [-0.4, -0.2) is 100 Å². The van der Waals surface area contributed by atoms with E-state index < -0.39 is 6.10 Å². The van der Waals surface area contributed by atoms with Gasteiger partial charge in [-0.15, -0.1) is 22.7 Å². The fourth-order valence-electron chi connectivity index (χ4n) is 6.04. The van der Waals surface area contributed by atoms with E-state index in [9.17, 15) is 9.90 Å². The Hall–Kier alpha value is -3.59. The number of benzene rings is 3. The molecule has 2 aromatic heterocycles. The largest absolute Gasteiger partial charge is 0.383 e. The van der Waals surface area contributed by atoms with Crippen LogP contribution in [0, 0.1) is 0 Å². The minimum atomic E-state index is -0.668. The summed E-state index contributed by atoms with van der Waals surface area (Å²) in [7, 11) is 0. The number of hydrogen-bond donors (Lipinski definition) is 1. The molecule has 3 aromatic carbocycles. The molecule has 3 saturated heterocycles. The number of carbonyl (C=O) groups excluding carboxylic acids is 1. The van der Waals surface area contributed by atoms with E-state index in [1.807, 2.05) is 54.7 Å². The molecule has 3 aliphatic rings. The zero-order valence-electron chi connectivity index (χ0n) is 29.3. The maximum absolute atomic E-state index is 10.5. The molecule has 3 fully saturated rings. The maximum Gasteiger partial charge on any atom is 0.183 e. The van der Waals surface area contributed by atoms with Crippen molar-refractivity contribution in [1.82, 2.24) is 9.97 Å². The summed E-state index contributed by atoms with van der Waals surface area (Å²) >= 11 is 14.5. The molecule has 0 saturated carbocycles. The lowest BCUT2D eigenvalue weighted by atomic mass is 10.1. The Morgan fingerprint density at radius 2 is 1.08 bits per heavy atom. The van der Waals surface area contributed by atoms with Crippen LogP contribution in [0.2, 0.25) is 8.93 Å². The topological polar surface area (TPSA) is 100 Å². The lowest BCUT2D eigenvalue weighted by Gasteiger charge is -2.29. The van der Waals surface area contributed by atoms with Gasteiger partial charge >= 0.3 is 0 Å². The van der Waals surface area contributed by atoms with Crippen molar-refractivity contribution in [3.8, 4) is 0 Å². The molecule has 14 heteroatoms. The number of anilines is 3. The van der Waals surface area contributed by atoms with Crippen LogP contribution < -0.4 is 14.7 Å². The minimum absolute atomic E-state index is 0.448. The smallest absolute Gasteiger partial charge is 0.183 e. The normalized spacial score (nSPS) is 16.5. The van der Waals surface area contributed by atoms with E-state index in [0.717, 1.165) is 113 Å². The van der Waals surface area contributed by atoms with Crippen LogP contribution in [0.3, 0.4) is 0 Å². The van der Waals surface area contributed by atoms with Crippen LogP contribution in [0.25, 0.3) is 0 Å². The van der Waals surface area contributed by atoms with Crippen molar-refractivity contribution in [2.75, 3.05) is 93.6 Å². The molecular formula is C39H43Cl2N5O5S2. The van der Waals surface area contributed by atoms with Gasteiger partial charge in [0.1, 0.15) is 12.4 Å². The molecule has 0 spiro atoms. The van der Waals surface area contributed by atoms with E-state index in [4.69, 9.17) is 37.4 Å². The van der Waals surface area contributed by atoms with Gasteiger partial charge in [0.2, 0.25) is 0 Å². The third-order valence-corrected chi connectivity index (χ3v) is 11.3. The SMILES string of the molecule is Clc1ncc(Cc2ccc(N3CCOCC3)cc2)s1.O=Cc1ccc(N2CCOCC2)cc1.OC(c1ccc(N2CCOCC2)cc1)c1cnc(Cl)s1. The van der Waals surface area contributed by atoms with E-state index in [1.165, 1.54) is 33.2 Å². The fraction of sp³-hybridized carbons (Fsp3) is 0.359. The number of aliphatic hydroxyl groups is 1. The van der Waals surface area contributed by atoms with E-state index >= 15 is 0 Å². The fourth-order valence-corrected chi connectivity index (χ4v) is 8.02. The number of ether oxygens (including phenoxy) is 3. The number of hydrogen-bond acceptors (Lipinski definition) is 12. The molecule has 8 rings (SSSR count). The molecule has 1 unspecified atom stereocenters. The quantitative estimate of drug-likeness (QED) is 0.162. The molecule has 0 bridgehead atoms. The van der Waals surface area contributed by atoms with Gasteiger partial charge in [0.25, 0.3) is 0 Å². The van der Waals surface area contributed by atoms with Gasteiger partial charge in [-0.05, 0) is 59.7 Å². The predicted octanol–water partition coefficient (Wildman–Crippen LogP) is 7.27. The molecule has 5 heterocycles. The highest BCUT2D eigenvalue weighted by Crippen LogP contribution is 2.30. The summed E-state index contributed by atoms with van der Waals surface area (Å²) in [5.74, 6) is 0. The number of aldehydes is 1. The molecule has 10 nitrogen and oxygen atoms in total. The number of rotatable bonds is 8. The summed E-state index contributed by atoms with van der Waals surface area (Å²) in [5, 5.41) is 10.3. The Labute approximate surface area is 328 Å². The number of thiazole rings is 2. The molecule has 0 amide bonds. The van der Waals surface area contributed by atoms with E-state index in [0.29, 0.717) is 8.93 Å². The Balaban J connectivity index is 0.000000138. The summed E-state index contributed by atoms with van der Waals surface area (Å²) in [4.78, 5) is 27.3. The summed E-state index contributed by atoms with van der Waals surface area (Å²) < 4.78 is 17.0. The summed E-state index contributed by atoms with van der Waals surface area (Å²) in [6, 6.07) is 24.3. The van der Waals surface area contributed by atoms with Gasteiger partial charge < -0.3 is 34.0 Å². The number of nitrogens with zero attached hydrogens (tertiary/aromatic N) is 5. The van der Waals surface area contributed by atoms with Crippen LogP contribution in [0.1, 0.15) is 37.3 Å². The second kappa shape index (κ2) is 20.2. The van der Waals surface area contributed by atoms with Crippen molar-refractivity contribution in [2.45, 2.75) is 12.5 Å². The Morgan fingerprint density at radius 3 is 1.49 bits per heavy atom. The second-order valence-electron chi connectivity index (χ2n) is 12.4. The number of halogens is 2. The molecule has 0 radical (unpaired) electrons. The number of carbonyl (C=O) groups is 1. The van der Waals surface area contributed by atoms with Crippen molar-refractivity contribution < 1.29 is 24.1 Å². The maximum atomic E-state index is 10.5. The van der Waals surface area contributed by atoms with Crippen LogP contribution in [0.5, 0.6) is 0 Å². The van der Waals surface area contributed by atoms with E-state index in [2.05, 4.69) is 48.9 Å². The van der Waals surface area contributed by atoms with Gasteiger partial charge in [0.15, 0.2) is 8.93 Å². The van der Waals surface area contributed by atoms with Crippen LogP contribution in [0.15, 0.2) is 85.2 Å². The molecule has 0 aliphatic carbocycles. The molecule has 1 N–H and O–H groups in total. The van der Waals surface area contributed by atoms with Gasteiger partial charge in [-0.1, -0.05) is 47.5 Å². The number of aliphatic hydroxyl groups excluding tert-OH is 1. The van der Waals surface area contributed by atoms with E-state index in [1.54, 1.807) is 17.5 Å². The second-order valence-corrected chi connectivity index (χ2v) is 15.8. The van der Waals surface area contributed by atoms with Crippen LogP contribution in [0.4, 0.5) is 17.1 Å². The standard InChI is InChI=1S/C14H15ClN2O2S.C14H15ClN2OS.C11H13NO2/c15-14-16-9-12(20-14)13(18)10-1-3-11(4-2-10)17-5-7-19-8-6-17;15-14-16-10-13(19-14)9-11-1-3-12(4-2-11)17-5-7-18-8-6-17;13-9-10-1-3-11(4-2-10)12-5-7-14-8-6-12/h1-4,9,13,18H,5-8H2;1-4,10H,5-9H2;1-4,9H,5-8H2. The third-order valence-electron chi connectivity index (χ3n) is 8.97. The third kappa shape index (κ3) is 11.7. The Morgan fingerprint density at radius 1 is 0.642 bits per heavy atom. The van der Waals surface area contributed by atoms with Crippen LogP contribution in [-0.2, 0) is 20.6 Å². The lowest BCUT2D eigenvalue weighted by molar-refractivity contribution is 0.112. The molecule has 53 heavy (non-hydrogen) atoms. The van der Waals surface area contributed by atoms with Gasteiger partial charge in [-0.3, -0.25) is 4.79 Å². The Kier molecular flexibility index (Phi) is 14.9. The Bertz CT molecular complexity index is 1820. The zero-order chi connectivity index (χ0) is 36.8. The van der Waals surface area contributed by atoms with Crippen LogP contribution >= 0.6 is 45.9 Å². The van der Waals surface area contributed by atoms with Crippen molar-refractivity contribution >= 4 is 69.2 Å². The molecule has 280 valence electrons. The first-order chi connectivity index (χ1) is 25.9. The average Bonchev–Trinajstić information content (AvgIpc) is 3.86. The first-order valence-corrected chi connectivity index (χ1v) is 20.0. The molecule has 3 aliphatic heterocycles. The lowest BCUT2D eigenvalue weighted by Crippen LogP contribution is -2.36. The van der Waals surface area contributed by atoms with Crippen molar-refractivity contribution in [3.05, 3.63) is 121 Å². The monoisotopic (exact) mass is 795 g/mol. The molecule has 5 aromatic rings. The minimum Gasteiger partial charge on any atom is -0.383 e. The number of aromatic nitrogens is 2. The summed E-state index contributed by atoms with van der Waals surface area (Å²) in [5.41, 5.74) is 6.46. The summed E-state index contributed by atoms with van der Waals surface area (Å²) in [6.07, 6.45) is 4.56. The zero-order valence-corrected chi connectivity index (χ0v) is 32.5. The van der Waals surface area contributed by atoms with Gasteiger partial charge in [0.05, 0.1) is 44.5 Å². The number of morpholine rings is 3. The van der Waals surface area contributed by atoms with Crippen molar-refractivity contribution in [1.29, 1.82) is 0 Å². The van der Waals surface area contributed by atoms with Crippen molar-refractivity contribution in [3.63, 3.8) is 0 Å². The average molecular weight is 797 g/mol. The summed E-state index contributed by atoms with van der Waals surface area (Å²) in [6.45, 7) is 10.4. The first-order valence-electron chi connectivity index (χ1n) is 17.6. The molecular weight excluding hydrogens is 753 g/mol. The van der Waals surface area contributed by atoms with Gasteiger partial charge in [-0.25, -0.2) is 9.97 Å². The molecule has 1 atom stereocenters. The van der Waals surface area contributed by atoms with Gasteiger partial charge in [-0.2, -0.15) is 0 Å². The first kappa shape index (κ1) is 39.1. The predicted molar refractivity (Wildman–Crippen MR) is 215 cm³/mol. The highest BCUT2D eigenvalue weighted by molar-refractivity contribution is 7.16. The van der Waals surface area contributed by atoms with E-state index in [-0.39, 0.29) is 0 Å². The van der Waals surface area contributed by atoms with Crippen molar-refractivity contribution in [2.24, 2.45) is 0 Å². The van der Waals surface area contributed by atoms with Gasteiger partial charge in [0, 0.05) is 85.6 Å². The highest BCUT2D eigenvalue weighted by Gasteiger charge is 2.16.